The number of hydrogen-bond acceptors (Lipinski definition) is 6. The van der Waals surface area contributed by atoms with Crippen LogP contribution in [0.25, 0.3) is 0 Å². The van der Waals surface area contributed by atoms with E-state index in [2.05, 4.69) is 10.5 Å². The van der Waals surface area contributed by atoms with Crippen molar-refractivity contribution < 1.29 is 18.8 Å². The number of ether oxygens (including phenoxy) is 1. The lowest BCUT2D eigenvalue weighted by molar-refractivity contribution is -0.115. The van der Waals surface area contributed by atoms with Gasteiger partial charge >= 0.3 is 5.97 Å². The summed E-state index contributed by atoms with van der Waals surface area (Å²) in [6.45, 7) is 1.77. The van der Waals surface area contributed by atoms with Crippen molar-refractivity contribution in [2.24, 2.45) is 0 Å². The second-order valence-electron chi connectivity index (χ2n) is 6.10. The predicted molar refractivity (Wildman–Crippen MR) is 108 cm³/mol. The zero-order valence-corrected chi connectivity index (χ0v) is 16.4. The normalized spacial score (nSPS) is 11.6. The minimum atomic E-state index is -0.418. The monoisotopic (exact) mass is 396 g/mol. The summed E-state index contributed by atoms with van der Waals surface area (Å²) >= 11 is 1.50. The minimum Gasteiger partial charge on any atom is -0.465 e. The number of amides is 1. The number of carbonyl (C=O) groups is 2. The third-order valence-electron chi connectivity index (χ3n) is 4.01. The first-order chi connectivity index (χ1) is 13.6. The fraction of sp³-hybridized carbons (Fsp3) is 0.190. The molecule has 0 spiro atoms. The van der Waals surface area contributed by atoms with Gasteiger partial charge in [0.2, 0.25) is 5.91 Å². The Kier molecular flexibility index (Phi) is 6.49. The molecule has 0 aliphatic carbocycles. The third-order valence-corrected chi connectivity index (χ3v) is 5.33. The van der Waals surface area contributed by atoms with Gasteiger partial charge in [-0.25, -0.2) is 4.79 Å². The van der Waals surface area contributed by atoms with E-state index in [4.69, 9.17) is 9.26 Å². The highest BCUT2D eigenvalue weighted by atomic mass is 32.2. The van der Waals surface area contributed by atoms with Crippen molar-refractivity contribution >= 4 is 29.5 Å². The van der Waals surface area contributed by atoms with Gasteiger partial charge in [0.05, 0.1) is 12.7 Å². The number of aryl methyl sites for hydroxylation is 1. The number of nitrogens with one attached hydrogen (secondary N) is 1. The molecular weight excluding hydrogens is 376 g/mol. The number of hydrogen-bond donors (Lipinski definition) is 1. The largest absolute Gasteiger partial charge is 0.465 e. The molecule has 3 rings (SSSR count). The molecular formula is C21H20N2O4S. The number of anilines is 1. The predicted octanol–water partition coefficient (Wildman–Crippen LogP) is 4.38. The molecule has 0 saturated heterocycles. The molecule has 7 heteroatoms. The second-order valence-corrected chi connectivity index (χ2v) is 7.20. The van der Waals surface area contributed by atoms with E-state index >= 15 is 0 Å². The molecule has 0 aliphatic rings. The Bertz CT molecular complexity index is 939. The first-order valence-corrected chi connectivity index (χ1v) is 9.69. The third kappa shape index (κ3) is 5.01. The highest BCUT2D eigenvalue weighted by molar-refractivity contribution is 7.99. The molecule has 0 saturated carbocycles. The number of rotatable bonds is 7. The van der Waals surface area contributed by atoms with Crippen LogP contribution in [0.1, 0.15) is 32.5 Å². The summed E-state index contributed by atoms with van der Waals surface area (Å²) < 4.78 is 9.72. The first kappa shape index (κ1) is 19.7. The summed E-state index contributed by atoms with van der Waals surface area (Å²) in [5.74, 6) is 1.09. The van der Waals surface area contributed by atoms with Crippen molar-refractivity contribution in [2.45, 2.75) is 17.9 Å². The molecule has 1 N–H and O–H groups in total. The Morgan fingerprint density at radius 2 is 1.86 bits per heavy atom. The molecule has 3 aromatic rings. The van der Waals surface area contributed by atoms with Crippen LogP contribution in [0.15, 0.2) is 65.2 Å². The molecule has 1 heterocycles. The highest BCUT2D eigenvalue weighted by Gasteiger charge is 2.22. The maximum Gasteiger partial charge on any atom is 0.337 e. The van der Waals surface area contributed by atoms with Crippen LogP contribution < -0.4 is 5.32 Å². The second kappa shape index (κ2) is 9.23. The van der Waals surface area contributed by atoms with E-state index in [1.165, 1.54) is 18.9 Å². The molecule has 28 heavy (non-hydrogen) atoms. The number of methoxy groups -OCH3 is 1. The quantitative estimate of drug-likeness (QED) is 0.597. The summed E-state index contributed by atoms with van der Waals surface area (Å²) in [5.41, 5.74) is 2.40. The van der Waals surface area contributed by atoms with Crippen LogP contribution >= 0.6 is 11.8 Å². The van der Waals surface area contributed by atoms with Crippen molar-refractivity contribution in [2.75, 3.05) is 12.4 Å². The minimum absolute atomic E-state index is 0.171. The smallest absolute Gasteiger partial charge is 0.337 e. The number of nitrogens with zero attached hydrogens (tertiary/aromatic N) is 1. The van der Waals surface area contributed by atoms with E-state index in [9.17, 15) is 9.59 Å². The number of thioether (sulfide) groups is 1. The SMILES string of the molecule is COC(=O)c1ccc(CS[C@H](C(=O)Nc2cc(C)on2)c2ccccc2)cc1. The van der Waals surface area contributed by atoms with Gasteiger partial charge in [-0.1, -0.05) is 47.6 Å². The van der Waals surface area contributed by atoms with Crippen LogP contribution in [-0.2, 0) is 15.3 Å². The molecule has 6 nitrogen and oxygen atoms in total. The lowest BCUT2D eigenvalue weighted by Crippen LogP contribution is -2.19. The molecule has 0 fully saturated rings. The molecule has 0 aliphatic heterocycles. The van der Waals surface area contributed by atoms with Crippen LogP contribution in [0.3, 0.4) is 0 Å². The average molecular weight is 396 g/mol. The van der Waals surface area contributed by atoms with Crippen molar-refractivity contribution in [3.8, 4) is 0 Å². The zero-order valence-electron chi connectivity index (χ0n) is 15.5. The lowest BCUT2D eigenvalue weighted by Gasteiger charge is -2.16. The van der Waals surface area contributed by atoms with E-state index in [-0.39, 0.29) is 11.9 Å². The zero-order chi connectivity index (χ0) is 19.9. The molecule has 144 valence electrons. The van der Waals surface area contributed by atoms with E-state index in [1.807, 2.05) is 42.5 Å². The highest BCUT2D eigenvalue weighted by Crippen LogP contribution is 2.33. The molecule has 0 unspecified atom stereocenters. The van der Waals surface area contributed by atoms with Crippen LogP contribution in [0.4, 0.5) is 5.82 Å². The van der Waals surface area contributed by atoms with Crippen molar-refractivity contribution in [1.82, 2.24) is 5.16 Å². The summed E-state index contributed by atoms with van der Waals surface area (Å²) in [7, 11) is 1.35. The van der Waals surface area contributed by atoms with Gasteiger partial charge in [-0.15, -0.1) is 11.8 Å². The number of aromatic nitrogens is 1. The Labute approximate surface area is 167 Å². The van der Waals surface area contributed by atoms with E-state index in [0.29, 0.717) is 22.9 Å². The van der Waals surface area contributed by atoms with Gasteiger partial charge < -0.3 is 14.6 Å². The van der Waals surface area contributed by atoms with Crippen LogP contribution in [0.2, 0.25) is 0 Å². The van der Waals surface area contributed by atoms with Gasteiger partial charge in [-0.3, -0.25) is 4.79 Å². The van der Waals surface area contributed by atoms with E-state index < -0.39 is 5.25 Å². The van der Waals surface area contributed by atoms with Crippen molar-refractivity contribution in [3.05, 3.63) is 83.1 Å². The van der Waals surface area contributed by atoms with Crippen LogP contribution in [-0.4, -0.2) is 24.1 Å². The van der Waals surface area contributed by atoms with Crippen LogP contribution in [0.5, 0.6) is 0 Å². The molecule has 0 bridgehead atoms. The van der Waals surface area contributed by atoms with Gasteiger partial charge in [0, 0.05) is 11.8 Å². The molecule has 2 aromatic carbocycles. The van der Waals surface area contributed by atoms with Crippen molar-refractivity contribution in [3.63, 3.8) is 0 Å². The Balaban J connectivity index is 1.72. The van der Waals surface area contributed by atoms with Gasteiger partial charge in [-0.2, -0.15) is 0 Å². The first-order valence-electron chi connectivity index (χ1n) is 8.65. The maximum absolute atomic E-state index is 12.9. The molecule has 1 amide bonds. The number of esters is 1. The summed E-state index contributed by atoms with van der Waals surface area (Å²) in [4.78, 5) is 24.4. The van der Waals surface area contributed by atoms with Gasteiger partial charge in [-0.05, 0) is 30.2 Å². The lowest BCUT2D eigenvalue weighted by atomic mass is 10.1. The fourth-order valence-corrected chi connectivity index (χ4v) is 3.71. The van der Waals surface area contributed by atoms with Gasteiger partial charge in [0.15, 0.2) is 5.82 Å². The molecule has 1 atom stereocenters. The summed E-state index contributed by atoms with van der Waals surface area (Å²) in [6.07, 6.45) is 0. The average Bonchev–Trinajstić information content (AvgIpc) is 3.13. The Hall–Kier alpha value is -3.06. The van der Waals surface area contributed by atoms with Gasteiger partial charge in [0.1, 0.15) is 11.0 Å². The topological polar surface area (TPSA) is 81.4 Å². The van der Waals surface area contributed by atoms with Crippen molar-refractivity contribution in [1.29, 1.82) is 0 Å². The van der Waals surface area contributed by atoms with Gasteiger partial charge in [0.25, 0.3) is 0 Å². The number of carbonyl (C=O) groups excluding carboxylic acids is 2. The number of benzene rings is 2. The molecule has 0 radical (unpaired) electrons. The standard InChI is InChI=1S/C21H20N2O4S/c1-14-12-18(23-27-14)22-20(24)19(16-6-4-3-5-7-16)28-13-15-8-10-17(11-9-15)21(25)26-2/h3-12,19H,13H2,1-2H3,(H,22,23,24)/t19-/m0/s1. The Morgan fingerprint density at radius 3 is 2.46 bits per heavy atom. The van der Waals surface area contributed by atoms with E-state index in [1.54, 1.807) is 25.1 Å². The van der Waals surface area contributed by atoms with E-state index in [0.717, 1.165) is 11.1 Å². The molecule has 1 aromatic heterocycles. The van der Waals surface area contributed by atoms with Crippen LogP contribution in [0, 0.1) is 6.92 Å². The fourth-order valence-electron chi connectivity index (χ4n) is 2.60. The maximum atomic E-state index is 12.9. The Morgan fingerprint density at radius 1 is 1.14 bits per heavy atom. The summed E-state index contributed by atoms with van der Waals surface area (Å²) in [5, 5.41) is 6.21. The summed E-state index contributed by atoms with van der Waals surface area (Å²) in [6, 6.07) is 18.4.